The minimum Gasteiger partial charge on any atom is -0.377 e. The third kappa shape index (κ3) is 2.32. The quantitative estimate of drug-likeness (QED) is 0.734. The van der Waals surface area contributed by atoms with Gasteiger partial charge < -0.3 is 9.72 Å². The van der Waals surface area contributed by atoms with E-state index < -0.39 is 11.6 Å². The van der Waals surface area contributed by atoms with Gasteiger partial charge >= 0.3 is 0 Å². The van der Waals surface area contributed by atoms with Crippen molar-refractivity contribution in [3.8, 4) is 11.1 Å². The van der Waals surface area contributed by atoms with Crippen molar-refractivity contribution in [1.82, 2.24) is 4.98 Å². The van der Waals surface area contributed by atoms with Crippen LogP contribution in [0.4, 0.5) is 8.78 Å². The Morgan fingerprint density at radius 2 is 1.81 bits per heavy atom. The van der Waals surface area contributed by atoms with E-state index in [0.29, 0.717) is 16.5 Å². The number of fused-ring (bicyclic) bond motifs is 1. The normalized spacial score (nSPS) is 12.8. The molecule has 0 amide bonds. The maximum Gasteiger partial charge on any atom is 0.143 e. The Bertz CT molecular complexity index is 777. The van der Waals surface area contributed by atoms with Crippen molar-refractivity contribution < 1.29 is 13.5 Å². The fraction of sp³-hybridized carbons (Fsp3) is 0.176. The highest BCUT2D eigenvalue weighted by Gasteiger charge is 2.16. The molecule has 2 nitrogen and oxygen atoms in total. The summed E-state index contributed by atoms with van der Waals surface area (Å²) < 4.78 is 33.9. The van der Waals surface area contributed by atoms with Gasteiger partial charge in [-0.25, -0.2) is 8.78 Å². The van der Waals surface area contributed by atoms with E-state index in [9.17, 15) is 8.78 Å². The van der Waals surface area contributed by atoms with Gasteiger partial charge in [0.05, 0.1) is 17.2 Å². The highest BCUT2D eigenvalue weighted by molar-refractivity contribution is 5.86. The lowest BCUT2D eigenvalue weighted by molar-refractivity contribution is 0.119. The van der Waals surface area contributed by atoms with Gasteiger partial charge in [-0.15, -0.1) is 0 Å². The van der Waals surface area contributed by atoms with E-state index in [4.69, 9.17) is 4.74 Å². The molecule has 1 N–H and O–H groups in total. The van der Waals surface area contributed by atoms with Crippen LogP contribution in [-0.2, 0) is 4.74 Å². The van der Waals surface area contributed by atoms with Crippen LogP contribution in [0.2, 0.25) is 0 Å². The first-order valence-electron chi connectivity index (χ1n) is 6.70. The van der Waals surface area contributed by atoms with Gasteiger partial charge in [-0.05, 0) is 30.2 Å². The summed E-state index contributed by atoms with van der Waals surface area (Å²) in [4.78, 5) is 2.82. The minimum atomic E-state index is -0.574. The molecule has 0 radical (unpaired) electrons. The van der Waals surface area contributed by atoms with Crippen LogP contribution in [-0.4, -0.2) is 12.1 Å². The van der Waals surface area contributed by atoms with Crippen LogP contribution < -0.4 is 0 Å². The molecule has 1 unspecified atom stereocenters. The molecule has 0 fully saturated rings. The Labute approximate surface area is 121 Å². The minimum absolute atomic E-state index is 0.00119. The summed E-state index contributed by atoms with van der Waals surface area (Å²) in [6.45, 7) is 1.92. The third-order valence-electron chi connectivity index (χ3n) is 3.77. The molecule has 1 atom stereocenters. The Morgan fingerprint density at radius 1 is 1.10 bits per heavy atom. The van der Waals surface area contributed by atoms with Crippen LogP contribution in [0.5, 0.6) is 0 Å². The number of rotatable bonds is 3. The lowest BCUT2D eigenvalue weighted by Crippen LogP contribution is -1.96. The molecule has 0 aliphatic heterocycles. The number of halogens is 2. The molecule has 0 bridgehead atoms. The van der Waals surface area contributed by atoms with Crippen LogP contribution in [0.1, 0.15) is 18.6 Å². The molecule has 0 aliphatic carbocycles. The average molecular weight is 287 g/mol. The molecule has 3 aromatic rings. The summed E-state index contributed by atoms with van der Waals surface area (Å²) in [7, 11) is 1.62. The molecule has 0 spiro atoms. The molecular weight excluding hydrogens is 272 g/mol. The molecule has 4 heteroatoms. The van der Waals surface area contributed by atoms with E-state index in [0.717, 1.165) is 5.56 Å². The number of H-pyrrole nitrogens is 1. The fourth-order valence-corrected chi connectivity index (χ4v) is 2.45. The summed E-state index contributed by atoms with van der Waals surface area (Å²) in [6, 6.07) is 10.00. The smallest absolute Gasteiger partial charge is 0.143 e. The SMILES string of the molecule is COC(C)c1ccc(-c2c(F)cc3[nH]ccc3c2F)cc1. The Morgan fingerprint density at radius 3 is 2.48 bits per heavy atom. The van der Waals surface area contributed by atoms with Gasteiger partial charge in [0.2, 0.25) is 0 Å². The molecule has 0 saturated heterocycles. The number of aromatic amines is 1. The predicted octanol–water partition coefficient (Wildman–Crippen LogP) is 4.82. The lowest BCUT2D eigenvalue weighted by atomic mass is 10.00. The highest BCUT2D eigenvalue weighted by Crippen LogP contribution is 2.32. The van der Waals surface area contributed by atoms with Gasteiger partial charge in [0, 0.05) is 18.7 Å². The monoisotopic (exact) mass is 287 g/mol. The zero-order chi connectivity index (χ0) is 15.0. The molecule has 1 heterocycles. The second-order valence-electron chi connectivity index (χ2n) is 4.99. The van der Waals surface area contributed by atoms with Gasteiger partial charge in [0.15, 0.2) is 0 Å². The first-order chi connectivity index (χ1) is 10.1. The molecule has 0 aliphatic rings. The second-order valence-corrected chi connectivity index (χ2v) is 4.99. The van der Waals surface area contributed by atoms with Crippen molar-refractivity contribution in [2.45, 2.75) is 13.0 Å². The third-order valence-corrected chi connectivity index (χ3v) is 3.77. The van der Waals surface area contributed by atoms with Crippen LogP contribution >= 0.6 is 0 Å². The summed E-state index contributed by atoms with van der Waals surface area (Å²) in [5, 5.41) is 0.390. The largest absolute Gasteiger partial charge is 0.377 e. The van der Waals surface area contributed by atoms with Crippen LogP contribution in [0.15, 0.2) is 42.6 Å². The highest BCUT2D eigenvalue weighted by atomic mass is 19.1. The molecule has 1 aromatic heterocycles. The molecule has 21 heavy (non-hydrogen) atoms. The van der Waals surface area contributed by atoms with Crippen molar-refractivity contribution in [2.24, 2.45) is 0 Å². The van der Waals surface area contributed by atoms with Crippen molar-refractivity contribution in [1.29, 1.82) is 0 Å². The van der Waals surface area contributed by atoms with Crippen molar-refractivity contribution in [2.75, 3.05) is 7.11 Å². The van der Waals surface area contributed by atoms with Gasteiger partial charge in [-0.2, -0.15) is 0 Å². The van der Waals surface area contributed by atoms with Crippen molar-refractivity contribution in [3.63, 3.8) is 0 Å². The van der Waals surface area contributed by atoms with Gasteiger partial charge in [0.25, 0.3) is 0 Å². The second kappa shape index (κ2) is 5.30. The number of hydrogen-bond acceptors (Lipinski definition) is 1. The van der Waals surface area contributed by atoms with E-state index >= 15 is 0 Å². The number of ether oxygens (including phenoxy) is 1. The zero-order valence-corrected chi connectivity index (χ0v) is 11.8. The Kier molecular flexibility index (Phi) is 3.47. The predicted molar refractivity (Wildman–Crippen MR) is 79.1 cm³/mol. The van der Waals surface area contributed by atoms with Crippen molar-refractivity contribution in [3.05, 3.63) is 59.8 Å². The standard InChI is InChI=1S/C17H15F2NO/c1-10(21-2)11-3-5-12(6-4-11)16-14(18)9-15-13(17(16)19)7-8-20-15/h3-10,20H,1-2H3. The van der Waals surface area contributed by atoms with Gasteiger partial charge in [-0.3, -0.25) is 0 Å². The van der Waals surface area contributed by atoms with Gasteiger partial charge in [-0.1, -0.05) is 24.3 Å². The molecule has 0 saturated carbocycles. The van der Waals surface area contributed by atoms with Crippen LogP contribution in [0.25, 0.3) is 22.0 Å². The summed E-state index contributed by atoms with van der Waals surface area (Å²) >= 11 is 0. The first kappa shape index (κ1) is 13.8. The summed E-state index contributed by atoms with van der Waals surface area (Å²) in [5.74, 6) is -1.12. The summed E-state index contributed by atoms with van der Waals surface area (Å²) in [6.07, 6.45) is 1.54. The number of aromatic nitrogens is 1. The van der Waals surface area contributed by atoms with E-state index in [1.807, 2.05) is 19.1 Å². The molecule has 2 aromatic carbocycles. The Hall–Kier alpha value is -2.20. The lowest BCUT2D eigenvalue weighted by Gasteiger charge is -2.11. The molecular formula is C17H15F2NO. The van der Waals surface area contributed by atoms with Crippen molar-refractivity contribution >= 4 is 10.9 Å². The number of hydrogen-bond donors (Lipinski definition) is 1. The number of nitrogens with one attached hydrogen (secondary N) is 1. The fourth-order valence-electron chi connectivity index (χ4n) is 2.45. The maximum absolute atomic E-state index is 14.5. The number of methoxy groups -OCH3 is 1. The zero-order valence-electron chi connectivity index (χ0n) is 11.8. The van der Waals surface area contributed by atoms with Gasteiger partial charge in [0.1, 0.15) is 11.6 Å². The topological polar surface area (TPSA) is 25.0 Å². The van der Waals surface area contributed by atoms with E-state index in [-0.39, 0.29) is 11.7 Å². The molecule has 108 valence electrons. The Balaban J connectivity index is 2.11. The summed E-state index contributed by atoms with van der Waals surface area (Å²) in [5.41, 5.74) is 1.93. The average Bonchev–Trinajstić information content (AvgIpc) is 2.95. The maximum atomic E-state index is 14.5. The van der Waals surface area contributed by atoms with E-state index in [1.165, 1.54) is 6.07 Å². The van der Waals surface area contributed by atoms with Crippen LogP contribution in [0, 0.1) is 11.6 Å². The molecule has 3 rings (SSSR count). The number of benzene rings is 2. The first-order valence-corrected chi connectivity index (χ1v) is 6.70. The van der Waals surface area contributed by atoms with E-state index in [2.05, 4.69) is 4.98 Å². The van der Waals surface area contributed by atoms with Crippen LogP contribution in [0.3, 0.4) is 0 Å². The van der Waals surface area contributed by atoms with E-state index in [1.54, 1.807) is 31.5 Å².